The number of carbonyl (C=O) groups is 1. The molecule has 0 unspecified atom stereocenters. The largest absolute Gasteiger partial charge is 0.457 e. The number of aliphatic hydroxyl groups is 1. The zero-order valence-electron chi connectivity index (χ0n) is 13.0. The van der Waals surface area contributed by atoms with Crippen molar-refractivity contribution in [3.05, 3.63) is 64.4 Å². The van der Waals surface area contributed by atoms with E-state index in [1.165, 1.54) is 18.2 Å². The molecule has 0 saturated carbocycles. The number of ether oxygens (including phenoxy) is 1. The minimum absolute atomic E-state index is 0.00637. The molecule has 0 bridgehead atoms. The highest BCUT2D eigenvalue weighted by molar-refractivity contribution is 5.93. The number of fused-ring (bicyclic) bond motifs is 1. The summed E-state index contributed by atoms with van der Waals surface area (Å²) in [5, 5.41) is 22.9. The summed E-state index contributed by atoms with van der Waals surface area (Å²) in [4.78, 5) is 22.6. The van der Waals surface area contributed by atoms with Crippen molar-refractivity contribution in [2.45, 2.75) is 0 Å². The lowest BCUT2D eigenvalue weighted by Crippen LogP contribution is -2.09. The first-order valence-corrected chi connectivity index (χ1v) is 7.41. The van der Waals surface area contributed by atoms with E-state index < -0.39 is 10.9 Å². The maximum atomic E-state index is 12.2. The lowest BCUT2D eigenvalue weighted by atomic mass is 10.2. The SMILES string of the molecule is O=C(Oc1ccc2occ([N+](=O)[O-])c2c1)c1ccc(NCCO)cc1. The molecule has 3 aromatic rings. The Kier molecular flexibility index (Phi) is 4.62. The number of esters is 1. The molecule has 0 aliphatic heterocycles. The van der Waals surface area contributed by atoms with E-state index in [0.29, 0.717) is 17.7 Å². The molecule has 25 heavy (non-hydrogen) atoms. The second kappa shape index (κ2) is 7.02. The van der Waals surface area contributed by atoms with E-state index in [4.69, 9.17) is 14.3 Å². The highest BCUT2D eigenvalue weighted by Crippen LogP contribution is 2.31. The van der Waals surface area contributed by atoms with E-state index in [-0.39, 0.29) is 23.4 Å². The van der Waals surface area contributed by atoms with Crippen molar-refractivity contribution in [3.8, 4) is 5.75 Å². The number of aliphatic hydroxyl groups excluding tert-OH is 1. The third kappa shape index (κ3) is 3.59. The standard InChI is InChI=1S/C17H14N2O6/c20-8-7-18-12-3-1-11(2-4-12)17(21)25-13-5-6-16-14(9-13)15(10-24-16)19(22)23/h1-6,9-10,18,20H,7-8H2. The van der Waals surface area contributed by atoms with Gasteiger partial charge in [-0.1, -0.05) is 0 Å². The Morgan fingerprint density at radius 2 is 2.00 bits per heavy atom. The first-order valence-electron chi connectivity index (χ1n) is 7.41. The Morgan fingerprint density at radius 1 is 1.24 bits per heavy atom. The van der Waals surface area contributed by atoms with Gasteiger partial charge in [0.25, 0.3) is 0 Å². The predicted octanol–water partition coefficient (Wildman–Crippen LogP) is 2.96. The monoisotopic (exact) mass is 342 g/mol. The first kappa shape index (κ1) is 16.5. The summed E-state index contributed by atoms with van der Waals surface area (Å²) in [6.45, 7) is 0.416. The average Bonchev–Trinajstić information content (AvgIpc) is 3.04. The van der Waals surface area contributed by atoms with Gasteiger partial charge in [-0.2, -0.15) is 0 Å². The quantitative estimate of drug-likeness (QED) is 0.306. The highest BCUT2D eigenvalue weighted by atomic mass is 16.6. The third-order valence-electron chi connectivity index (χ3n) is 3.49. The van der Waals surface area contributed by atoms with Crippen LogP contribution in [0, 0.1) is 10.1 Å². The molecule has 8 heteroatoms. The Hall–Kier alpha value is -3.39. The van der Waals surface area contributed by atoms with Crippen LogP contribution in [0.15, 0.2) is 53.1 Å². The summed E-state index contributed by atoms with van der Waals surface area (Å²) < 4.78 is 10.4. The minimum Gasteiger partial charge on any atom is -0.457 e. The predicted molar refractivity (Wildman–Crippen MR) is 89.8 cm³/mol. The van der Waals surface area contributed by atoms with E-state index in [2.05, 4.69) is 5.32 Å². The first-order chi connectivity index (χ1) is 12.1. The van der Waals surface area contributed by atoms with Crippen LogP contribution in [0.4, 0.5) is 11.4 Å². The number of nitro groups is 1. The van der Waals surface area contributed by atoms with Gasteiger partial charge in [0.05, 0.1) is 17.1 Å². The molecule has 128 valence electrons. The number of benzene rings is 2. The van der Waals surface area contributed by atoms with Crippen LogP contribution in [0.2, 0.25) is 0 Å². The molecule has 0 radical (unpaired) electrons. The van der Waals surface area contributed by atoms with Crippen molar-refractivity contribution in [3.63, 3.8) is 0 Å². The van der Waals surface area contributed by atoms with Gasteiger partial charge in [-0.15, -0.1) is 0 Å². The van der Waals surface area contributed by atoms with Crippen molar-refractivity contribution < 1.29 is 24.0 Å². The molecule has 0 spiro atoms. The smallest absolute Gasteiger partial charge is 0.343 e. The fraction of sp³-hybridized carbons (Fsp3) is 0.118. The molecule has 3 rings (SSSR count). The summed E-state index contributed by atoms with van der Waals surface area (Å²) in [5.41, 5.74) is 1.25. The molecule has 2 aromatic carbocycles. The van der Waals surface area contributed by atoms with E-state index in [1.54, 1.807) is 24.3 Å². The summed E-state index contributed by atoms with van der Waals surface area (Å²) in [6, 6.07) is 11.0. The molecule has 0 amide bonds. The van der Waals surface area contributed by atoms with Gasteiger partial charge in [0.2, 0.25) is 0 Å². The zero-order chi connectivity index (χ0) is 17.8. The molecule has 0 fully saturated rings. The van der Waals surface area contributed by atoms with E-state index >= 15 is 0 Å². The Morgan fingerprint density at radius 3 is 2.68 bits per heavy atom. The van der Waals surface area contributed by atoms with Gasteiger partial charge in [0.15, 0.2) is 6.26 Å². The minimum atomic E-state index is -0.584. The van der Waals surface area contributed by atoms with Crippen LogP contribution in [0.5, 0.6) is 5.75 Å². The number of nitrogens with zero attached hydrogens (tertiary/aromatic N) is 1. The van der Waals surface area contributed by atoms with Crippen LogP contribution in [-0.2, 0) is 0 Å². The second-order valence-corrected chi connectivity index (χ2v) is 5.15. The van der Waals surface area contributed by atoms with Gasteiger partial charge in [0, 0.05) is 12.2 Å². The number of rotatable bonds is 6. The van der Waals surface area contributed by atoms with Gasteiger partial charge in [0.1, 0.15) is 16.7 Å². The number of hydrogen-bond donors (Lipinski definition) is 2. The maximum absolute atomic E-state index is 12.2. The van der Waals surface area contributed by atoms with Crippen molar-refractivity contribution in [1.29, 1.82) is 0 Å². The molecule has 0 saturated heterocycles. The zero-order valence-corrected chi connectivity index (χ0v) is 13.0. The number of hydrogen-bond acceptors (Lipinski definition) is 7. The second-order valence-electron chi connectivity index (χ2n) is 5.15. The Bertz CT molecular complexity index is 917. The molecule has 0 aliphatic carbocycles. The van der Waals surface area contributed by atoms with Crippen LogP contribution >= 0.6 is 0 Å². The van der Waals surface area contributed by atoms with Crippen LogP contribution < -0.4 is 10.1 Å². The highest BCUT2D eigenvalue weighted by Gasteiger charge is 2.17. The van der Waals surface area contributed by atoms with E-state index in [0.717, 1.165) is 12.0 Å². The van der Waals surface area contributed by atoms with Gasteiger partial charge in [-0.3, -0.25) is 10.1 Å². The molecule has 1 aromatic heterocycles. The molecular formula is C17H14N2O6. The van der Waals surface area contributed by atoms with Gasteiger partial charge in [-0.05, 0) is 42.5 Å². The van der Waals surface area contributed by atoms with E-state index in [9.17, 15) is 14.9 Å². The van der Waals surface area contributed by atoms with Gasteiger partial charge < -0.3 is 19.6 Å². The van der Waals surface area contributed by atoms with E-state index in [1.807, 2.05) is 0 Å². The van der Waals surface area contributed by atoms with Crippen LogP contribution in [0.3, 0.4) is 0 Å². The molecule has 0 atom stereocenters. The average molecular weight is 342 g/mol. The molecule has 0 aliphatic rings. The van der Waals surface area contributed by atoms with Crippen molar-refractivity contribution in [1.82, 2.24) is 0 Å². The van der Waals surface area contributed by atoms with Crippen molar-refractivity contribution in [2.24, 2.45) is 0 Å². The van der Waals surface area contributed by atoms with Crippen molar-refractivity contribution >= 4 is 28.3 Å². The maximum Gasteiger partial charge on any atom is 0.343 e. The Balaban J connectivity index is 1.77. The summed E-state index contributed by atoms with van der Waals surface area (Å²) in [5.74, 6) is -0.399. The van der Waals surface area contributed by atoms with Crippen LogP contribution in [0.25, 0.3) is 11.0 Å². The summed E-state index contributed by atoms with van der Waals surface area (Å²) in [7, 11) is 0. The number of anilines is 1. The van der Waals surface area contributed by atoms with Gasteiger partial charge >= 0.3 is 11.7 Å². The van der Waals surface area contributed by atoms with Crippen molar-refractivity contribution in [2.75, 3.05) is 18.5 Å². The molecule has 1 heterocycles. The normalized spacial score (nSPS) is 10.6. The summed E-state index contributed by atoms with van der Waals surface area (Å²) in [6.07, 6.45) is 1.05. The number of furan rings is 1. The lowest BCUT2D eigenvalue weighted by Gasteiger charge is -2.07. The fourth-order valence-corrected chi connectivity index (χ4v) is 2.29. The fourth-order valence-electron chi connectivity index (χ4n) is 2.29. The number of carbonyl (C=O) groups excluding carboxylic acids is 1. The summed E-state index contributed by atoms with van der Waals surface area (Å²) >= 11 is 0. The molecule has 2 N–H and O–H groups in total. The lowest BCUT2D eigenvalue weighted by molar-refractivity contribution is -0.383. The molecular weight excluding hydrogens is 328 g/mol. The molecule has 8 nitrogen and oxygen atoms in total. The topological polar surface area (TPSA) is 115 Å². The third-order valence-corrected chi connectivity index (χ3v) is 3.49. The van der Waals surface area contributed by atoms with Crippen LogP contribution in [0.1, 0.15) is 10.4 Å². The Labute approximate surface area is 141 Å². The number of nitrogens with one attached hydrogen (secondary N) is 1. The van der Waals surface area contributed by atoms with Crippen LogP contribution in [-0.4, -0.2) is 29.2 Å². The van der Waals surface area contributed by atoms with Gasteiger partial charge in [-0.25, -0.2) is 4.79 Å².